The van der Waals surface area contributed by atoms with E-state index in [1.807, 2.05) is 0 Å². The Morgan fingerprint density at radius 1 is 0.917 bits per heavy atom. The molecule has 0 saturated heterocycles. The van der Waals surface area contributed by atoms with E-state index in [4.69, 9.17) is 5.14 Å². The quantitative estimate of drug-likeness (QED) is 0.733. The molecule has 1 heterocycles. The molecule has 0 bridgehead atoms. The van der Waals surface area contributed by atoms with Gasteiger partial charge in [0.05, 0.1) is 16.3 Å². The van der Waals surface area contributed by atoms with Crippen LogP contribution in [-0.4, -0.2) is 18.0 Å². The number of H-pyrrole nitrogens is 1. The molecule has 0 atom stereocenters. The molecule has 8 heteroatoms. The third-order valence-electron chi connectivity index (χ3n) is 3.43. The fourth-order valence-electron chi connectivity index (χ4n) is 2.36. The molecule has 0 amide bonds. The number of aromatic amines is 1. The van der Waals surface area contributed by atoms with Crippen molar-refractivity contribution >= 4 is 10.0 Å². The van der Waals surface area contributed by atoms with E-state index in [-0.39, 0.29) is 4.90 Å². The summed E-state index contributed by atoms with van der Waals surface area (Å²) in [7, 11) is -3.82. The fraction of sp³-hybridized carbons (Fsp3) is 0. The largest absolute Gasteiger partial charge is 0.333 e. The highest BCUT2D eigenvalue weighted by atomic mass is 32.2. The van der Waals surface area contributed by atoms with Crippen LogP contribution < -0.4 is 16.4 Å². The number of hydrogen-bond acceptors (Lipinski definition) is 4. The van der Waals surface area contributed by atoms with Crippen molar-refractivity contribution in [3.8, 4) is 16.9 Å². The van der Waals surface area contributed by atoms with Crippen molar-refractivity contribution in [2.24, 2.45) is 5.14 Å². The number of aromatic nitrogens is 2. The Morgan fingerprint density at radius 3 is 2.12 bits per heavy atom. The smallest absolute Gasteiger partial charge is 0.274 e. The van der Waals surface area contributed by atoms with Gasteiger partial charge in [0, 0.05) is 6.07 Å². The van der Waals surface area contributed by atoms with Gasteiger partial charge in [-0.3, -0.25) is 14.3 Å². The SMILES string of the molecule is NS(=O)(=O)c1ccc(-c2cc(=O)[nH]c(=O)n2-c2ccccc2)cc1. The van der Waals surface area contributed by atoms with Crippen molar-refractivity contribution < 1.29 is 8.42 Å². The molecule has 0 radical (unpaired) electrons. The molecule has 0 spiro atoms. The average molecular weight is 343 g/mol. The van der Waals surface area contributed by atoms with Gasteiger partial charge in [0.15, 0.2) is 0 Å². The molecular weight excluding hydrogens is 330 g/mol. The van der Waals surface area contributed by atoms with Gasteiger partial charge in [0.1, 0.15) is 0 Å². The van der Waals surface area contributed by atoms with Crippen LogP contribution in [0.1, 0.15) is 0 Å². The van der Waals surface area contributed by atoms with Crippen LogP contribution in [0.15, 0.2) is 75.1 Å². The van der Waals surface area contributed by atoms with Crippen molar-refractivity contribution in [3.05, 3.63) is 81.5 Å². The summed E-state index contributed by atoms with van der Waals surface area (Å²) in [5, 5.41) is 5.08. The lowest BCUT2D eigenvalue weighted by Gasteiger charge is -2.12. The molecule has 3 N–H and O–H groups in total. The zero-order valence-electron chi connectivity index (χ0n) is 12.3. The number of para-hydroxylation sites is 1. The van der Waals surface area contributed by atoms with Crippen LogP contribution in [0.3, 0.4) is 0 Å². The maximum absolute atomic E-state index is 12.3. The first-order chi connectivity index (χ1) is 11.4. The predicted molar refractivity (Wildman–Crippen MR) is 89.5 cm³/mol. The highest BCUT2D eigenvalue weighted by Gasteiger charge is 2.12. The molecule has 0 saturated carbocycles. The van der Waals surface area contributed by atoms with Crippen molar-refractivity contribution in [1.29, 1.82) is 0 Å². The van der Waals surface area contributed by atoms with Gasteiger partial charge in [-0.15, -0.1) is 0 Å². The predicted octanol–water partition coefficient (Wildman–Crippen LogP) is 0.840. The van der Waals surface area contributed by atoms with Gasteiger partial charge in [0.2, 0.25) is 10.0 Å². The van der Waals surface area contributed by atoms with E-state index < -0.39 is 21.3 Å². The normalized spacial score (nSPS) is 11.4. The highest BCUT2D eigenvalue weighted by molar-refractivity contribution is 7.89. The number of nitrogens with one attached hydrogen (secondary N) is 1. The zero-order chi connectivity index (χ0) is 17.3. The van der Waals surface area contributed by atoms with Crippen molar-refractivity contribution in [1.82, 2.24) is 9.55 Å². The minimum Gasteiger partial charge on any atom is -0.274 e. The molecule has 0 aliphatic heterocycles. The molecule has 0 aliphatic carbocycles. The Labute approximate surface area is 137 Å². The Bertz CT molecular complexity index is 1100. The molecule has 122 valence electrons. The third kappa shape index (κ3) is 3.05. The number of rotatable bonds is 3. The van der Waals surface area contributed by atoms with Crippen molar-refractivity contribution in [2.45, 2.75) is 4.90 Å². The summed E-state index contributed by atoms with van der Waals surface area (Å²) in [5.74, 6) is 0. The second-order valence-corrected chi connectivity index (χ2v) is 6.63. The van der Waals surface area contributed by atoms with E-state index in [0.717, 1.165) is 0 Å². The number of nitrogens with two attached hydrogens (primary N) is 1. The number of sulfonamides is 1. The van der Waals surface area contributed by atoms with Gasteiger partial charge < -0.3 is 0 Å². The van der Waals surface area contributed by atoms with Crippen LogP contribution in [0, 0.1) is 0 Å². The van der Waals surface area contributed by atoms with E-state index in [9.17, 15) is 18.0 Å². The Hall–Kier alpha value is -2.97. The second kappa shape index (κ2) is 5.91. The molecule has 3 rings (SSSR count). The highest BCUT2D eigenvalue weighted by Crippen LogP contribution is 2.21. The van der Waals surface area contributed by atoms with E-state index in [2.05, 4.69) is 4.98 Å². The average Bonchev–Trinajstić information content (AvgIpc) is 2.54. The van der Waals surface area contributed by atoms with Crippen LogP contribution in [0.25, 0.3) is 16.9 Å². The summed E-state index contributed by atoms with van der Waals surface area (Å²) in [4.78, 5) is 26.1. The van der Waals surface area contributed by atoms with Gasteiger partial charge in [-0.25, -0.2) is 18.4 Å². The van der Waals surface area contributed by atoms with E-state index in [1.54, 1.807) is 30.3 Å². The molecule has 0 aliphatic rings. The molecule has 7 nitrogen and oxygen atoms in total. The summed E-state index contributed by atoms with van der Waals surface area (Å²) in [5.41, 5.74) is 0.298. The van der Waals surface area contributed by atoms with Crippen molar-refractivity contribution in [2.75, 3.05) is 0 Å². The molecule has 1 aromatic heterocycles. The first-order valence-electron chi connectivity index (χ1n) is 6.91. The second-order valence-electron chi connectivity index (χ2n) is 5.06. The lowest BCUT2D eigenvalue weighted by atomic mass is 10.1. The Balaban J connectivity index is 2.25. The molecular formula is C16H13N3O4S. The molecule has 0 fully saturated rings. The van der Waals surface area contributed by atoms with E-state index in [1.165, 1.54) is 34.9 Å². The van der Waals surface area contributed by atoms with Gasteiger partial charge in [-0.1, -0.05) is 30.3 Å². The summed E-state index contributed by atoms with van der Waals surface area (Å²) in [6, 6.07) is 15.7. The van der Waals surface area contributed by atoms with Gasteiger partial charge in [-0.05, 0) is 29.8 Å². The third-order valence-corrected chi connectivity index (χ3v) is 4.36. The Morgan fingerprint density at radius 2 is 1.54 bits per heavy atom. The maximum Gasteiger partial charge on any atom is 0.333 e. The monoisotopic (exact) mass is 343 g/mol. The maximum atomic E-state index is 12.3. The van der Waals surface area contributed by atoms with E-state index in [0.29, 0.717) is 16.9 Å². The first kappa shape index (κ1) is 15.9. The molecule has 24 heavy (non-hydrogen) atoms. The summed E-state index contributed by atoms with van der Waals surface area (Å²) in [6.07, 6.45) is 0. The lowest BCUT2D eigenvalue weighted by molar-refractivity contribution is 0.598. The Kier molecular flexibility index (Phi) is 3.92. The summed E-state index contributed by atoms with van der Waals surface area (Å²) in [6.45, 7) is 0. The molecule has 3 aromatic rings. The number of benzene rings is 2. The lowest BCUT2D eigenvalue weighted by Crippen LogP contribution is -2.29. The van der Waals surface area contributed by atoms with Crippen LogP contribution in [-0.2, 0) is 10.0 Å². The summed E-state index contributed by atoms with van der Waals surface area (Å²) < 4.78 is 24.0. The van der Waals surface area contributed by atoms with Gasteiger partial charge >= 0.3 is 5.69 Å². The van der Waals surface area contributed by atoms with Crippen LogP contribution >= 0.6 is 0 Å². The minimum atomic E-state index is -3.82. The standard InChI is InChI=1S/C16H13N3O4S/c17-24(22,23)13-8-6-11(7-9-13)14-10-15(20)18-16(21)19(14)12-4-2-1-3-5-12/h1-10H,(H2,17,22,23)(H,18,20,21). The summed E-state index contributed by atoms with van der Waals surface area (Å²) >= 11 is 0. The zero-order valence-corrected chi connectivity index (χ0v) is 13.2. The van der Waals surface area contributed by atoms with Crippen LogP contribution in [0.4, 0.5) is 0 Å². The van der Waals surface area contributed by atoms with Crippen LogP contribution in [0.2, 0.25) is 0 Å². The van der Waals surface area contributed by atoms with Crippen LogP contribution in [0.5, 0.6) is 0 Å². The molecule has 0 unspecified atom stereocenters. The minimum absolute atomic E-state index is 0.0512. The first-order valence-corrected chi connectivity index (χ1v) is 8.46. The van der Waals surface area contributed by atoms with Gasteiger partial charge in [0.25, 0.3) is 5.56 Å². The van der Waals surface area contributed by atoms with Crippen molar-refractivity contribution in [3.63, 3.8) is 0 Å². The topological polar surface area (TPSA) is 115 Å². The fourth-order valence-corrected chi connectivity index (χ4v) is 2.87. The molecule has 2 aromatic carbocycles. The number of nitrogens with zero attached hydrogens (tertiary/aromatic N) is 1. The number of primary sulfonamides is 1. The number of hydrogen-bond donors (Lipinski definition) is 2. The van der Waals surface area contributed by atoms with E-state index >= 15 is 0 Å². The van der Waals surface area contributed by atoms with Gasteiger partial charge in [-0.2, -0.15) is 0 Å².